The Hall–Kier alpha value is -2.45. The lowest BCUT2D eigenvalue weighted by molar-refractivity contribution is -0.525. The second-order valence-corrected chi connectivity index (χ2v) is 15.7. The highest BCUT2D eigenvalue weighted by Crippen LogP contribution is 2.39. The number of carbonyl (C=O) groups is 4. The smallest absolute Gasteiger partial charge is 0.335 e. The molecule has 0 bridgehead atoms. The summed E-state index contributed by atoms with van der Waals surface area (Å²) in [7, 11) is 0. The molecule has 404 valence electrons. The number of carbonyl (C=O) groups excluding carboxylic acids is 2. The summed E-state index contributed by atoms with van der Waals surface area (Å²) >= 11 is -0.661. The molecule has 39 heteroatoms. The third-order valence-corrected chi connectivity index (χ3v) is 11.2. The van der Waals surface area contributed by atoms with Gasteiger partial charge in [-0.1, -0.05) is 26.2 Å². The Morgan fingerprint density at radius 2 is 0.986 bits per heavy atom. The second kappa shape index (κ2) is 30.0. The average molecular weight is 1090 g/mol. The van der Waals surface area contributed by atoms with E-state index in [4.69, 9.17) is 71.5 Å². The van der Waals surface area contributed by atoms with Crippen LogP contribution in [0.5, 0.6) is 0 Å². The zero-order chi connectivity index (χ0) is 51.7. The molecule has 0 aromatic heterocycles. The topological polar surface area (TPSA) is 490 Å². The van der Waals surface area contributed by atoms with Crippen molar-refractivity contribution in [2.45, 2.75) is 137 Å². The third-order valence-electron chi connectivity index (χ3n) is 9.98. The normalized spacial score (nSPS) is 37.9. The van der Waals surface area contributed by atoms with E-state index in [1.165, 1.54) is 6.08 Å². The Balaban J connectivity index is 1.83. The zero-order valence-electron chi connectivity index (χ0n) is 35.5. The zero-order valence-corrected chi connectivity index (χ0v) is 37.9. The van der Waals surface area contributed by atoms with Crippen molar-refractivity contribution in [2.75, 3.05) is 19.8 Å². The summed E-state index contributed by atoms with van der Waals surface area (Å²) in [6.07, 6.45) is -35.8. The molecule has 0 radical (unpaired) electrons. The Morgan fingerprint density at radius 3 is 1.41 bits per heavy atom. The van der Waals surface area contributed by atoms with Gasteiger partial charge in [0, 0.05) is 13.8 Å². The molecule has 36 nitrogen and oxygen atoms in total. The minimum absolute atomic E-state index is 0.204. The molecule has 13 N–H and O–H groups in total. The van der Waals surface area contributed by atoms with Gasteiger partial charge in [0.1, 0.15) is 67.0 Å². The lowest BCUT2D eigenvalue weighted by atomic mass is 9.94. The van der Waals surface area contributed by atoms with Crippen LogP contribution in [0.2, 0.25) is 0 Å². The number of carboxylic acid groups (broad SMARTS) is 2. The fourth-order valence-electron chi connectivity index (χ4n) is 7.22. The van der Waals surface area contributed by atoms with Gasteiger partial charge in [0.2, 0.25) is 11.8 Å². The number of aliphatic hydroxyl groups is 5. The fourth-order valence-corrected chi connectivity index (χ4v) is 8.29. The molecule has 4 fully saturated rings. The van der Waals surface area contributed by atoms with Gasteiger partial charge in [-0.05, 0) is 0 Å². The van der Waals surface area contributed by atoms with E-state index in [0.717, 1.165) is 13.8 Å². The summed E-state index contributed by atoms with van der Waals surface area (Å²) in [6, 6.07) is -3.48. The van der Waals surface area contributed by atoms with E-state index in [1.807, 2.05) is 0 Å². The van der Waals surface area contributed by atoms with Crippen LogP contribution < -0.4 is 10.6 Å². The van der Waals surface area contributed by atoms with Crippen molar-refractivity contribution in [3.05, 3.63) is 12.7 Å². The maximum absolute atomic E-state index is 13.2. The van der Waals surface area contributed by atoms with E-state index in [0.29, 0.717) is 0 Å². The van der Waals surface area contributed by atoms with Gasteiger partial charge in [-0.2, -0.15) is 4.89 Å². The van der Waals surface area contributed by atoms with Crippen molar-refractivity contribution in [3.8, 4) is 0 Å². The number of amides is 2. The highest BCUT2D eigenvalue weighted by atomic mass is 32.2. The van der Waals surface area contributed by atoms with Crippen molar-refractivity contribution in [3.63, 3.8) is 0 Å². The first kappa shape index (κ1) is 60.1. The monoisotopic (exact) mass is 1090 g/mol. The van der Waals surface area contributed by atoms with Crippen molar-refractivity contribution in [2.24, 2.45) is 0 Å². The number of hydrogen-bond donors (Lipinski definition) is 13. The summed E-state index contributed by atoms with van der Waals surface area (Å²) < 4.78 is 75.6. The van der Waals surface area contributed by atoms with Gasteiger partial charge in [0.15, 0.2) is 92.7 Å². The minimum Gasteiger partial charge on any atom is -0.479 e. The van der Waals surface area contributed by atoms with E-state index >= 15 is 0 Å². The maximum atomic E-state index is 13.2. The molecule has 0 aromatic rings. The number of aliphatic hydroxyl groups excluding tert-OH is 5. The average Bonchev–Trinajstić information content (AvgIpc) is 3.31. The fraction of sp³-hybridized carbons (Fsp3) is 0.806. The van der Waals surface area contributed by atoms with E-state index < -0.39 is 160 Å². The van der Waals surface area contributed by atoms with Gasteiger partial charge in [0.25, 0.3) is 0 Å². The second-order valence-electron chi connectivity index (χ2n) is 14.3. The molecule has 4 aliphatic heterocycles. The van der Waals surface area contributed by atoms with Gasteiger partial charge in [-0.3, -0.25) is 22.1 Å². The van der Waals surface area contributed by atoms with E-state index in [9.17, 15) is 54.9 Å². The van der Waals surface area contributed by atoms with Crippen LogP contribution in [0.4, 0.5) is 0 Å². The SMILES string of the molecule is C=CCO[C@@H]1OC(CO)[C@H](O)[C@H](O[C@@H]2OC(C(=O)O)[C@H](O[C@@H]3OC(CO)[C@H](O)[C@H](O[C@@H]4OC(C(=O)O)[C@H](O)[C@H](OOO)C4OSOOO)C3NC(C)=O)[C@H](OSOOO)C2OSOOO)C1NC(C)=O. The molecule has 20 atom stereocenters. The first-order chi connectivity index (χ1) is 33.5. The molecule has 70 heavy (non-hydrogen) atoms. The van der Waals surface area contributed by atoms with Crippen molar-refractivity contribution in [1.29, 1.82) is 0 Å². The first-order valence-electron chi connectivity index (χ1n) is 19.5. The van der Waals surface area contributed by atoms with Crippen LogP contribution in [0, 0.1) is 0 Å². The Bertz CT molecular complexity index is 1640. The lowest BCUT2D eigenvalue weighted by Crippen LogP contribution is -2.71. The Labute approximate surface area is 404 Å². The number of rotatable bonds is 29. The predicted molar refractivity (Wildman–Crippen MR) is 208 cm³/mol. The van der Waals surface area contributed by atoms with Crippen molar-refractivity contribution < 1.29 is 164 Å². The Morgan fingerprint density at radius 1 is 0.557 bits per heavy atom. The number of aliphatic carboxylic acids is 2. The van der Waals surface area contributed by atoms with E-state index in [2.05, 4.69) is 55.3 Å². The molecule has 4 rings (SSSR count). The van der Waals surface area contributed by atoms with E-state index in [-0.39, 0.29) is 43.6 Å². The number of ether oxygens (including phenoxy) is 8. The summed E-state index contributed by atoms with van der Waals surface area (Å²) in [4.78, 5) is 55.2. The summed E-state index contributed by atoms with van der Waals surface area (Å²) in [5.41, 5.74) is 0. The first-order valence-corrected chi connectivity index (χ1v) is 21.5. The van der Waals surface area contributed by atoms with E-state index in [1.54, 1.807) is 0 Å². The van der Waals surface area contributed by atoms with Crippen LogP contribution in [-0.4, -0.2) is 223 Å². The minimum atomic E-state index is -2.43. The van der Waals surface area contributed by atoms with Crippen LogP contribution >= 0.6 is 37.0 Å². The van der Waals surface area contributed by atoms with Crippen LogP contribution in [0.3, 0.4) is 0 Å². The van der Waals surface area contributed by atoms with Crippen molar-refractivity contribution in [1.82, 2.24) is 10.6 Å². The molecule has 0 aromatic carbocycles. The third kappa shape index (κ3) is 15.8. The molecule has 4 heterocycles. The van der Waals surface area contributed by atoms with Gasteiger partial charge < -0.3 is 84.3 Å². The maximum Gasteiger partial charge on any atom is 0.335 e. The molecule has 0 spiro atoms. The molecular weight excluding hydrogens is 1040 g/mol. The van der Waals surface area contributed by atoms with Gasteiger partial charge in [0.05, 0.1) is 19.8 Å². The summed E-state index contributed by atoms with van der Waals surface area (Å²) in [5.74, 6) is -5.53. The predicted octanol–water partition coefficient (Wildman–Crippen LogP) is -4.61. The molecule has 2 amide bonds. The van der Waals surface area contributed by atoms with Crippen LogP contribution in [0.25, 0.3) is 0 Å². The molecule has 0 saturated carbocycles. The van der Waals surface area contributed by atoms with Crippen molar-refractivity contribution >= 4 is 60.7 Å². The summed E-state index contributed by atoms with van der Waals surface area (Å²) in [5, 5.41) is 129. The van der Waals surface area contributed by atoms with Gasteiger partial charge in [-0.15, -0.1) is 19.6 Å². The highest BCUT2D eigenvalue weighted by Gasteiger charge is 2.60. The van der Waals surface area contributed by atoms with Crippen LogP contribution in [-0.2, 0) is 108 Å². The quantitative estimate of drug-likeness (QED) is 0.0110. The Kier molecular flexibility index (Phi) is 25.8. The standard InChI is InChI=1S/C31H48N2O34S3/c1-4-5-49-28-12(32-8(2)36)17(14(38)10(6-34)50-28)52-31-25(60-70-67-64-48)22(58-68-65-62-46)21(23(56-31)27(43)44)55-29-13(33-9(3)37)18(15(39)11(7-35)51-29)53-30-24(59-69-66-63-47)19(57-61-45)16(40)20(54-30)26(41)42/h4,10-25,28-31,34-35,38-40,45-48H,1,5-7H2,2-3H3,(H,32,36)(H,33,37)(H,41,42)(H,43,44)/t10?,11?,12?,13?,14-,15-,16+,17+,18+,19-,20?,21+,22-,23?,24?,25?,28+,29-,30+,31+/m0/s1. The number of nitrogens with one attached hydrogen (secondary N) is 2. The van der Waals surface area contributed by atoms with Gasteiger partial charge in [-0.25, -0.2) is 30.6 Å². The molecule has 4 saturated heterocycles. The van der Waals surface area contributed by atoms with Crippen LogP contribution in [0.15, 0.2) is 12.7 Å². The highest BCUT2D eigenvalue weighted by molar-refractivity contribution is 7.90. The molecule has 4 aliphatic rings. The molecular formula is C31H48N2O34S3. The molecule has 8 unspecified atom stereocenters. The largest absolute Gasteiger partial charge is 0.479 e. The lowest BCUT2D eigenvalue weighted by Gasteiger charge is -2.50. The molecule has 0 aliphatic carbocycles. The van der Waals surface area contributed by atoms with Crippen LogP contribution in [0.1, 0.15) is 13.8 Å². The van der Waals surface area contributed by atoms with Gasteiger partial charge >= 0.3 is 11.9 Å². The summed E-state index contributed by atoms with van der Waals surface area (Å²) in [6.45, 7) is 3.27. The number of hydrogen-bond acceptors (Lipinski definition) is 35. The number of carboxylic acids is 2.